The SMILES string of the molecule is CCn1nccc1CN1CCN(c2ccccc2S(N)(=O)=O)CC1. The predicted molar refractivity (Wildman–Crippen MR) is 93.2 cm³/mol. The summed E-state index contributed by atoms with van der Waals surface area (Å²) in [6, 6.07) is 8.98. The smallest absolute Gasteiger partial charge is 0.240 e. The van der Waals surface area contributed by atoms with Crippen LogP contribution in [0, 0.1) is 0 Å². The van der Waals surface area contributed by atoms with E-state index < -0.39 is 10.0 Å². The highest BCUT2D eigenvalue weighted by atomic mass is 32.2. The molecule has 1 fully saturated rings. The van der Waals surface area contributed by atoms with Crippen molar-refractivity contribution in [2.24, 2.45) is 5.14 Å². The lowest BCUT2D eigenvalue weighted by Gasteiger charge is -2.36. The molecule has 1 saturated heterocycles. The summed E-state index contributed by atoms with van der Waals surface area (Å²) in [6.45, 7) is 7.09. The van der Waals surface area contributed by atoms with Crippen molar-refractivity contribution in [2.75, 3.05) is 31.1 Å². The number of aryl methyl sites for hydroxylation is 1. The van der Waals surface area contributed by atoms with Crippen LogP contribution >= 0.6 is 0 Å². The molecule has 0 atom stereocenters. The number of piperazine rings is 1. The minimum Gasteiger partial charge on any atom is -0.368 e. The Bertz CT molecular complexity index is 794. The van der Waals surface area contributed by atoms with E-state index in [1.54, 1.807) is 12.1 Å². The van der Waals surface area contributed by atoms with Crippen LogP contribution in [0.1, 0.15) is 12.6 Å². The molecule has 130 valence electrons. The highest BCUT2D eigenvalue weighted by Crippen LogP contribution is 2.25. The van der Waals surface area contributed by atoms with Gasteiger partial charge in [0.1, 0.15) is 4.90 Å². The number of sulfonamides is 1. The molecule has 1 aliphatic heterocycles. The van der Waals surface area contributed by atoms with Gasteiger partial charge in [-0.05, 0) is 25.1 Å². The van der Waals surface area contributed by atoms with Crippen molar-refractivity contribution in [3.05, 3.63) is 42.2 Å². The quantitative estimate of drug-likeness (QED) is 0.866. The highest BCUT2D eigenvalue weighted by Gasteiger charge is 2.23. The van der Waals surface area contributed by atoms with Crippen LogP contribution in [0.5, 0.6) is 0 Å². The molecule has 0 bridgehead atoms. The molecule has 0 radical (unpaired) electrons. The monoisotopic (exact) mass is 349 g/mol. The van der Waals surface area contributed by atoms with Crippen molar-refractivity contribution in [3.63, 3.8) is 0 Å². The molecule has 2 aromatic rings. The lowest BCUT2D eigenvalue weighted by molar-refractivity contribution is 0.242. The summed E-state index contributed by atoms with van der Waals surface area (Å²) in [7, 11) is -3.71. The largest absolute Gasteiger partial charge is 0.368 e. The molecule has 8 heteroatoms. The molecule has 0 spiro atoms. The highest BCUT2D eigenvalue weighted by molar-refractivity contribution is 7.89. The van der Waals surface area contributed by atoms with E-state index in [0.717, 1.165) is 39.3 Å². The third kappa shape index (κ3) is 3.61. The summed E-state index contributed by atoms with van der Waals surface area (Å²) < 4.78 is 25.6. The molecular formula is C16H23N5O2S. The van der Waals surface area contributed by atoms with Crippen molar-refractivity contribution in [3.8, 4) is 0 Å². The van der Waals surface area contributed by atoms with Gasteiger partial charge in [0, 0.05) is 45.5 Å². The minimum atomic E-state index is -3.71. The second kappa shape index (κ2) is 6.92. The molecule has 0 saturated carbocycles. The Morgan fingerprint density at radius 1 is 1.12 bits per heavy atom. The molecule has 3 rings (SSSR count). The van der Waals surface area contributed by atoms with Gasteiger partial charge >= 0.3 is 0 Å². The molecule has 1 aliphatic rings. The number of hydrogen-bond donors (Lipinski definition) is 1. The second-order valence-electron chi connectivity index (χ2n) is 5.91. The van der Waals surface area contributed by atoms with Crippen molar-refractivity contribution in [1.82, 2.24) is 14.7 Å². The molecule has 1 aromatic heterocycles. The number of anilines is 1. The van der Waals surface area contributed by atoms with E-state index >= 15 is 0 Å². The Labute approximate surface area is 142 Å². The average molecular weight is 349 g/mol. The van der Waals surface area contributed by atoms with Gasteiger partial charge in [0.2, 0.25) is 10.0 Å². The number of primary sulfonamides is 1. The van der Waals surface area contributed by atoms with Crippen molar-refractivity contribution >= 4 is 15.7 Å². The zero-order valence-electron chi connectivity index (χ0n) is 13.8. The van der Waals surface area contributed by atoms with E-state index in [1.165, 1.54) is 5.69 Å². The maximum absolute atomic E-state index is 11.8. The zero-order chi connectivity index (χ0) is 17.2. The first-order valence-corrected chi connectivity index (χ1v) is 9.63. The van der Waals surface area contributed by atoms with Gasteiger partial charge in [0.25, 0.3) is 0 Å². The molecular weight excluding hydrogens is 326 g/mol. The normalized spacial score (nSPS) is 16.5. The zero-order valence-corrected chi connectivity index (χ0v) is 14.6. The number of benzene rings is 1. The summed E-state index contributed by atoms with van der Waals surface area (Å²) >= 11 is 0. The Morgan fingerprint density at radius 3 is 2.50 bits per heavy atom. The van der Waals surface area contributed by atoms with Gasteiger partial charge in [-0.15, -0.1) is 0 Å². The number of hydrogen-bond acceptors (Lipinski definition) is 5. The molecule has 2 heterocycles. The fourth-order valence-electron chi connectivity index (χ4n) is 3.11. The van der Waals surface area contributed by atoms with E-state index in [9.17, 15) is 8.42 Å². The molecule has 24 heavy (non-hydrogen) atoms. The Morgan fingerprint density at radius 2 is 1.83 bits per heavy atom. The third-order valence-electron chi connectivity index (χ3n) is 4.37. The van der Waals surface area contributed by atoms with Crippen LogP contribution in [0.3, 0.4) is 0 Å². The van der Waals surface area contributed by atoms with Crippen molar-refractivity contribution in [2.45, 2.75) is 24.9 Å². The minimum absolute atomic E-state index is 0.197. The summed E-state index contributed by atoms with van der Waals surface area (Å²) in [5.41, 5.74) is 1.90. The van der Waals surface area contributed by atoms with Crippen LogP contribution in [0.4, 0.5) is 5.69 Å². The number of nitrogens with zero attached hydrogens (tertiary/aromatic N) is 4. The van der Waals surface area contributed by atoms with Crippen molar-refractivity contribution < 1.29 is 8.42 Å². The van der Waals surface area contributed by atoms with Crippen LogP contribution < -0.4 is 10.0 Å². The third-order valence-corrected chi connectivity index (χ3v) is 5.33. The molecule has 1 aromatic carbocycles. The summed E-state index contributed by atoms with van der Waals surface area (Å²) in [5.74, 6) is 0. The molecule has 0 unspecified atom stereocenters. The fraction of sp³-hybridized carbons (Fsp3) is 0.438. The molecule has 0 aliphatic carbocycles. The number of rotatable bonds is 5. The van der Waals surface area contributed by atoms with Gasteiger partial charge in [-0.1, -0.05) is 12.1 Å². The van der Waals surface area contributed by atoms with Crippen LogP contribution in [-0.4, -0.2) is 49.3 Å². The second-order valence-corrected chi connectivity index (χ2v) is 7.44. The van der Waals surface area contributed by atoms with Gasteiger partial charge in [-0.2, -0.15) is 5.10 Å². The van der Waals surface area contributed by atoms with E-state index in [1.807, 2.05) is 29.1 Å². The topological polar surface area (TPSA) is 84.5 Å². The lowest BCUT2D eigenvalue weighted by Crippen LogP contribution is -2.46. The van der Waals surface area contributed by atoms with E-state index in [-0.39, 0.29) is 4.90 Å². The summed E-state index contributed by atoms with van der Waals surface area (Å²) in [6.07, 6.45) is 1.83. The predicted octanol–water partition coefficient (Wildman–Crippen LogP) is 0.873. The number of nitrogens with two attached hydrogens (primary N) is 1. The number of para-hydroxylation sites is 1. The molecule has 7 nitrogen and oxygen atoms in total. The maximum atomic E-state index is 11.8. The van der Waals surface area contributed by atoms with Gasteiger partial charge in [-0.3, -0.25) is 9.58 Å². The Balaban J connectivity index is 1.68. The van der Waals surface area contributed by atoms with Crippen molar-refractivity contribution in [1.29, 1.82) is 0 Å². The fourth-order valence-corrected chi connectivity index (χ4v) is 3.87. The van der Waals surface area contributed by atoms with E-state index in [2.05, 4.69) is 21.8 Å². The molecule has 2 N–H and O–H groups in total. The van der Waals surface area contributed by atoms with E-state index in [0.29, 0.717) is 5.69 Å². The van der Waals surface area contributed by atoms with E-state index in [4.69, 9.17) is 5.14 Å². The van der Waals surface area contributed by atoms with Gasteiger partial charge in [-0.25, -0.2) is 13.6 Å². The van der Waals surface area contributed by atoms with Crippen LogP contribution in [-0.2, 0) is 23.1 Å². The standard InChI is InChI=1S/C16H23N5O2S/c1-2-21-14(7-8-18-21)13-19-9-11-20(12-10-19)15-5-3-4-6-16(15)24(17,22)23/h3-8H,2,9-13H2,1H3,(H2,17,22,23). The summed E-state index contributed by atoms with van der Waals surface area (Å²) in [5, 5.41) is 9.64. The summed E-state index contributed by atoms with van der Waals surface area (Å²) in [4.78, 5) is 4.65. The first kappa shape index (κ1) is 16.9. The van der Waals surface area contributed by atoms with Crippen LogP contribution in [0.25, 0.3) is 0 Å². The average Bonchev–Trinajstić information content (AvgIpc) is 3.02. The van der Waals surface area contributed by atoms with Gasteiger partial charge in [0.05, 0.1) is 11.4 Å². The number of aromatic nitrogens is 2. The lowest BCUT2D eigenvalue weighted by atomic mass is 10.2. The van der Waals surface area contributed by atoms with Gasteiger partial charge in [0.15, 0.2) is 0 Å². The Hall–Kier alpha value is -1.90. The van der Waals surface area contributed by atoms with Gasteiger partial charge < -0.3 is 4.90 Å². The first-order valence-electron chi connectivity index (χ1n) is 8.09. The maximum Gasteiger partial charge on any atom is 0.240 e. The van der Waals surface area contributed by atoms with Crippen LogP contribution in [0.2, 0.25) is 0 Å². The first-order chi connectivity index (χ1) is 11.5. The molecule has 0 amide bonds. The Kier molecular flexibility index (Phi) is 4.88. The van der Waals surface area contributed by atoms with Crippen LogP contribution in [0.15, 0.2) is 41.4 Å².